The van der Waals surface area contributed by atoms with Gasteiger partial charge in [-0.25, -0.2) is 0 Å². The maximum absolute atomic E-state index is 11.0. The zero-order valence-corrected chi connectivity index (χ0v) is 3.59. The molecule has 4 heavy (non-hydrogen) atoms. The highest BCUT2D eigenvalue weighted by atomic mass is 28.3. The first-order chi connectivity index (χ1) is 1.73. The van der Waals surface area contributed by atoms with Crippen LogP contribution in [0.5, 0.6) is 0 Å². The molecule has 0 fully saturated rings. The third-order valence-corrected chi connectivity index (χ3v) is 0. The zero-order valence-electron chi connectivity index (χ0n) is 2.59. The fourth-order valence-electron chi connectivity index (χ4n) is 0. The van der Waals surface area contributed by atoms with Gasteiger partial charge in [0.25, 0.3) is 0 Å². The van der Waals surface area contributed by atoms with E-state index in [0.29, 0.717) is 0 Å². The molecule has 0 aliphatic carbocycles. The van der Waals surface area contributed by atoms with Crippen molar-refractivity contribution in [3.8, 4) is 0 Å². The highest BCUT2D eigenvalue weighted by Gasteiger charge is 1.63. The number of rotatable bonds is 0. The lowest BCUT2D eigenvalue weighted by molar-refractivity contribution is 0.871. The normalized spacial score (nSPS) is 6.50. The van der Waals surface area contributed by atoms with Crippen LogP contribution in [-0.4, -0.2) is 14.9 Å². The lowest BCUT2D eigenvalue weighted by Crippen LogP contribution is -1.71. The molecular formula is C2H5FSi. The molecule has 0 aromatic heterocycles. The van der Waals surface area contributed by atoms with Crippen LogP contribution in [0.1, 0.15) is 0 Å². The molecule has 0 aromatic carbocycles. The van der Waals surface area contributed by atoms with Crippen LogP contribution in [-0.2, 0) is 0 Å². The van der Waals surface area contributed by atoms with Crippen LogP contribution < -0.4 is 0 Å². The molecule has 0 aliphatic heterocycles. The summed E-state index contributed by atoms with van der Waals surface area (Å²) in [5.41, 5.74) is 0. The predicted molar refractivity (Wildman–Crippen MR) is 19.8 cm³/mol. The highest BCUT2D eigenvalue weighted by molar-refractivity contribution is 6.53. The average molecular weight is 76.1 g/mol. The van der Waals surface area contributed by atoms with Crippen molar-refractivity contribution in [2.75, 3.05) is 0 Å². The van der Waals surface area contributed by atoms with E-state index in [4.69, 9.17) is 0 Å². The Balaban J connectivity index is 2.80. The Kier molecular flexibility index (Phi) is 1.35. The second-order valence-corrected chi connectivity index (χ2v) is 2.03. The van der Waals surface area contributed by atoms with Crippen molar-refractivity contribution in [1.29, 1.82) is 0 Å². The third kappa shape index (κ3) is 7320. The Labute approximate surface area is 26.7 Å². The fourth-order valence-corrected chi connectivity index (χ4v) is 0. The lowest BCUT2D eigenvalue weighted by atomic mass is 11.9. The monoisotopic (exact) mass is 76.0 g/mol. The van der Waals surface area contributed by atoms with Crippen LogP contribution >= 0.6 is 0 Å². The molecule has 0 atom stereocenters. The molecular weight excluding hydrogens is 71.1 g/mol. The predicted octanol–water partition coefficient (Wildman–Crippen LogP) is 0.591. The van der Waals surface area contributed by atoms with Crippen LogP contribution in [0.4, 0.5) is 4.11 Å². The molecule has 0 spiro atoms. The van der Waals surface area contributed by atoms with Crippen LogP contribution in [0.25, 0.3) is 0 Å². The second kappa shape index (κ2) is 1.35. The van der Waals surface area contributed by atoms with E-state index in [1.54, 1.807) is 0 Å². The molecule has 0 radical (unpaired) electrons. The van der Waals surface area contributed by atoms with Crippen LogP contribution in [0, 0.1) is 0 Å². The molecule has 2 heteroatoms. The third-order valence-electron chi connectivity index (χ3n) is 0. The summed E-state index contributed by atoms with van der Waals surface area (Å²) in [5, 5.41) is 0. The minimum absolute atomic E-state index is 1.49. The van der Waals surface area contributed by atoms with E-state index in [2.05, 4.69) is 6.17 Å². The number of halogens is 1. The standard InChI is InChI=1S/C2H5FSi/c1-4(2)3/h1H2,2H3. The largest absolute Gasteiger partial charge is 0.284 e. The SMILES string of the molecule is C=[Si](C)F. The summed E-state index contributed by atoms with van der Waals surface area (Å²) in [4.78, 5) is 0. The molecule has 0 heterocycles. The second-order valence-electron chi connectivity index (χ2n) is 0.676. The van der Waals surface area contributed by atoms with Crippen molar-refractivity contribution >= 4 is 14.9 Å². The van der Waals surface area contributed by atoms with Gasteiger partial charge in [-0.15, -0.1) is 0 Å². The van der Waals surface area contributed by atoms with E-state index < -0.39 is 8.74 Å². The number of hydrogen-bond donors (Lipinski definition) is 0. The number of hydrogen-bond acceptors (Lipinski definition) is 0. The quantitative estimate of drug-likeness (QED) is 0.292. The van der Waals surface area contributed by atoms with E-state index >= 15 is 0 Å². The van der Waals surface area contributed by atoms with Crippen molar-refractivity contribution in [3.63, 3.8) is 0 Å². The maximum Gasteiger partial charge on any atom is 0.219 e. The van der Waals surface area contributed by atoms with Crippen molar-refractivity contribution in [3.05, 3.63) is 0 Å². The van der Waals surface area contributed by atoms with Gasteiger partial charge in [0.05, 0.1) is 0 Å². The summed E-state index contributed by atoms with van der Waals surface area (Å²) in [5.74, 6) is 0. The van der Waals surface area contributed by atoms with Crippen molar-refractivity contribution in [2.24, 2.45) is 0 Å². The van der Waals surface area contributed by atoms with E-state index in [-0.39, 0.29) is 0 Å². The minimum Gasteiger partial charge on any atom is -0.284 e. The Hall–Kier alpha value is 0.0169. The molecule has 0 saturated heterocycles. The van der Waals surface area contributed by atoms with Gasteiger partial charge < -0.3 is 0 Å². The molecule has 0 bridgehead atoms. The van der Waals surface area contributed by atoms with E-state index in [1.807, 2.05) is 0 Å². The summed E-state index contributed by atoms with van der Waals surface area (Å²) < 4.78 is 11.0. The molecule has 0 aliphatic rings. The molecule has 0 saturated carbocycles. The lowest BCUT2D eigenvalue weighted by Gasteiger charge is -1.56. The summed E-state index contributed by atoms with van der Waals surface area (Å²) in [6.45, 7) is 1.49. The van der Waals surface area contributed by atoms with Gasteiger partial charge in [0.2, 0.25) is 8.74 Å². The van der Waals surface area contributed by atoms with E-state index in [9.17, 15) is 4.11 Å². The van der Waals surface area contributed by atoms with Gasteiger partial charge in [-0.2, -0.15) is 0 Å². The summed E-state index contributed by atoms with van der Waals surface area (Å²) in [6.07, 6.45) is 3.07. The van der Waals surface area contributed by atoms with Gasteiger partial charge in [0, 0.05) is 0 Å². The Morgan fingerprint density at radius 3 is 2.00 bits per heavy atom. The van der Waals surface area contributed by atoms with Gasteiger partial charge in [-0.05, 0) is 6.55 Å². The molecule has 0 rings (SSSR count). The zero-order chi connectivity index (χ0) is 3.58. The summed E-state index contributed by atoms with van der Waals surface area (Å²) >= 11 is 0. The van der Waals surface area contributed by atoms with Crippen molar-refractivity contribution in [1.82, 2.24) is 0 Å². The van der Waals surface area contributed by atoms with Gasteiger partial charge in [0.1, 0.15) is 0 Å². The Bertz CT molecular complexity index is 29.0. The van der Waals surface area contributed by atoms with Gasteiger partial charge in [0.15, 0.2) is 0 Å². The van der Waals surface area contributed by atoms with Crippen molar-refractivity contribution in [2.45, 2.75) is 6.55 Å². The fraction of sp³-hybridized carbons (Fsp3) is 0.500. The van der Waals surface area contributed by atoms with E-state index in [1.165, 1.54) is 6.55 Å². The Morgan fingerprint density at radius 1 is 2.00 bits per heavy atom. The van der Waals surface area contributed by atoms with Gasteiger partial charge in [-0.1, -0.05) is 6.17 Å². The molecule has 0 nitrogen and oxygen atoms in total. The van der Waals surface area contributed by atoms with Crippen LogP contribution in [0.15, 0.2) is 0 Å². The smallest absolute Gasteiger partial charge is 0.219 e. The summed E-state index contributed by atoms with van der Waals surface area (Å²) in [6, 6.07) is 0. The minimum atomic E-state index is -1.63. The molecule has 0 aromatic rings. The first-order valence-corrected chi connectivity index (χ1v) is 3.13. The molecule has 0 amide bonds. The van der Waals surface area contributed by atoms with Gasteiger partial charge >= 0.3 is 0 Å². The van der Waals surface area contributed by atoms with Crippen LogP contribution in [0.3, 0.4) is 0 Å². The topological polar surface area (TPSA) is 0 Å². The van der Waals surface area contributed by atoms with Crippen LogP contribution in [0.2, 0.25) is 6.55 Å². The highest BCUT2D eigenvalue weighted by Crippen LogP contribution is 1.54. The first-order valence-electron chi connectivity index (χ1n) is 1.04. The molecule has 0 N–H and O–H groups in total. The maximum atomic E-state index is 11.0. The molecule has 24 valence electrons. The summed E-state index contributed by atoms with van der Waals surface area (Å²) in [7, 11) is -1.63. The Morgan fingerprint density at radius 2 is 2.00 bits per heavy atom. The molecule has 0 unspecified atom stereocenters. The average Bonchev–Trinajstić information content (AvgIpc) is 0.811. The van der Waals surface area contributed by atoms with Gasteiger partial charge in [-0.3, -0.25) is 4.11 Å². The van der Waals surface area contributed by atoms with Crippen molar-refractivity contribution < 1.29 is 4.11 Å². The van der Waals surface area contributed by atoms with E-state index in [0.717, 1.165) is 0 Å². The first kappa shape index (κ1) is 4.02.